The number of aryl methyl sites for hydroxylation is 1. The van der Waals surface area contributed by atoms with Crippen LogP contribution in [0.2, 0.25) is 5.15 Å². The second-order valence-electron chi connectivity index (χ2n) is 4.29. The smallest absolute Gasteiger partial charge is 0.333 e. The third-order valence-corrected chi connectivity index (χ3v) is 3.07. The Morgan fingerprint density at radius 3 is 2.56 bits per heavy atom. The first-order valence-corrected chi connectivity index (χ1v) is 5.18. The number of carboxylic acids is 1. The molecule has 5 heteroatoms. The van der Waals surface area contributed by atoms with Gasteiger partial charge in [-0.1, -0.05) is 31.5 Å². The summed E-state index contributed by atoms with van der Waals surface area (Å²) in [6.07, 6.45) is 0.0106. The van der Waals surface area contributed by atoms with Gasteiger partial charge in [-0.05, 0) is 18.1 Å². The Morgan fingerprint density at radius 1 is 1.56 bits per heavy atom. The van der Waals surface area contributed by atoms with E-state index in [0.717, 1.165) is 5.56 Å². The van der Waals surface area contributed by atoms with Gasteiger partial charge in [-0.15, -0.1) is 0 Å². The summed E-state index contributed by atoms with van der Waals surface area (Å²) < 4.78 is 0. The van der Waals surface area contributed by atoms with Crippen LogP contribution in [0.4, 0.5) is 0 Å². The predicted molar refractivity (Wildman–Crippen MR) is 60.7 cm³/mol. The SMILES string of the molecule is Cc1cc(C(C)(C)C(O)C(=O)O)cnc1Cl. The Labute approximate surface area is 98.9 Å². The molecule has 0 spiro atoms. The molecule has 1 aromatic rings. The minimum Gasteiger partial charge on any atom is -0.479 e. The number of aliphatic hydroxyl groups excluding tert-OH is 1. The van der Waals surface area contributed by atoms with Crippen molar-refractivity contribution < 1.29 is 15.0 Å². The zero-order valence-electron chi connectivity index (χ0n) is 9.36. The molecule has 1 heterocycles. The molecule has 88 valence electrons. The molecule has 1 atom stereocenters. The fourth-order valence-corrected chi connectivity index (χ4v) is 1.48. The first kappa shape index (κ1) is 12.9. The van der Waals surface area contributed by atoms with Crippen molar-refractivity contribution in [3.63, 3.8) is 0 Å². The Bertz CT molecular complexity index is 418. The Hall–Kier alpha value is -1.13. The van der Waals surface area contributed by atoms with E-state index in [1.165, 1.54) is 6.20 Å². The monoisotopic (exact) mass is 243 g/mol. The summed E-state index contributed by atoms with van der Waals surface area (Å²) >= 11 is 5.78. The lowest BCUT2D eigenvalue weighted by Crippen LogP contribution is -2.40. The maximum Gasteiger partial charge on any atom is 0.333 e. The van der Waals surface area contributed by atoms with E-state index < -0.39 is 17.5 Å². The second kappa shape index (κ2) is 4.39. The molecule has 1 aromatic heterocycles. The van der Waals surface area contributed by atoms with Crippen molar-refractivity contribution in [3.05, 3.63) is 28.5 Å². The van der Waals surface area contributed by atoms with Crippen molar-refractivity contribution in [1.29, 1.82) is 0 Å². The highest BCUT2D eigenvalue weighted by molar-refractivity contribution is 6.30. The van der Waals surface area contributed by atoms with Gasteiger partial charge in [0.15, 0.2) is 6.10 Å². The van der Waals surface area contributed by atoms with Gasteiger partial charge in [-0.3, -0.25) is 0 Å². The van der Waals surface area contributed by atoms with Crippen LogP contribution in [0.5, 0.6) is 0 Å². The van der Waals surface area contributed by atoms with Crippen LogP contribution in [-0.2, 0) is 10.2 Å². The van der Waals surface area contributed by atoms with Crippen molar-refractivity contribution >= 4 is 17.6 Å². The average Bonchev–Trinajstić information content (AvgIpc) is 2.20. The summed E-state index contributed by atoms with van der Waals surface area (Å²) in [4.78, 5) is 14.7. The van der Waals surface area contributed by atoms with Gasteiger partial charge in [-0.2, -0.15) is 0 Å². The number of pyridine rings is 1. The van der Waals surface area contributed by atoms with Crippen molar-refractivity contribution in [2.75, 3.05) is 0 Å². The van der Waals surface area contributed by atoms with Crippen molar-refractivity contribution in [2.45, 2.75) is 32.3 Å². The van der Waals surface area contributed by atoms with E-state index in [1.54, 1.807) is 26.8 Å². The van der Waals surface area contributed by atoms with Crippen LogP contribution in [0.25, 0.3) is 0 Å². The highest BCUT2D eigenvalue weighted by Crippen LogP contribution is 2.28. The highest BCUT2D eigenvalue weighted by Gasteiger charge is 2.35. The molecular weight excluding hydrogens is 230 g/mol. The van der Waals surface area contributed by atoms with Crippen molar-refractivity contribution in [2.24, 2.45) is 0 Å². The van der Waals surface area contributed by atoms with Crippen molar-refractivity contribution in [3.8, 4) is 0 Å². The van der Waals surface area contributed by atoms with Gasteiger partial charge in [-0.25, -0.2) is 9.78 Å². The Morgan fingerprint density at radius 2 is 2.12 bits per heavy atom. The van der Waals surface area contributed by atoms with Crippen LogP contribution in [-0.4, -0.2) is 27.3 Å². The minimum atomic E-state index is -1.48. The van der Waals surface area contributed by atoms with Crippen LogP contribution in [0, 0.1) is 6.92 Å². The van der Waals surface area contributed by atoms with Gasteiger partial charge in [0.2, 0.25) is 0 Å². The fourth-order valence-electron chi connectivity index (χ4n) is 1.38. The zero-order chi connectivity index (χ0) is 12.5. The third kappa shape index (κ3) is 2.33. The van der Waals surface area contributed by atoms with Crippen LogP contribution in [0.15, 0.2) is 12.3 Å². The summed E-state index contributed by atoms with van der Waals surface area (Å²) in [5.74, 6) is -1.25. The predicted octanol–water partition coefficient (Wildman–Crippen LogP) is 1.77. The topological polar surface area (TPSA) is 70.4 Å². The number of nitrogens with zero attached hydrogens (tertiary/aromatic N) is 1. The van der Waals surface area contributed by atoms with E-state index in [0.29, 0.717) is 10.7 Å². The lowest BCUT2D eigenvalue weighted by Gasteiger charge is -2.28. The molecule has 1 unspecified atom stereocenters. The highest BCUT2D eigenvalue weighted by atomic mass is 35.5. The lowest BCUT2D eigenvalue weighted by molar-refractivity contribution is -0.150. The third-order valence-electron chi connectivity index (χ3n) is 2.68. The van der Waals surface area contributed by atoms with Crippen LogP contribution >= 0.6 is 11.6 Å². The first-order chi connectivity index (χ1) is 7.26. The molecule has 0 aliphatic carbocycles. The molecule has 16 heavy (non-hydrogen) atoms. The number of aromatic nitrogens is 1. The molecular formula is C11H14ClNO3. The Kier molecular flexibility index (Phi) is 3.55. The van der Waals surface area contributed by atoms with Gasteiger partial charge in [0.1, 0.15) is 5.15 Å². The minimum absolute atomic E-state index is 0.379. The number of aliphatic hydroxyl groups is 1. The van der Waals surface area contributed by atoms with Crippen LogP contribution in [0.3, 0.4) is 0 Å². The standard InChI is InChI=1S/C11H14ClNO3/c1-6-4-7(5-13-9(6)12)11(2,3)8(14)10(15)16/h4-5,8,14H,1-3H3,(H,15,16). The van der Waals surface area contributed by atoms with E-state index in [2.05, 4.69) is 4.98 Å². The molecule has 0 saturated heterocycles. The zero-order valence-corrected chi connectivity index (χ0v) is 10.1. The summed E-state index contributed by atoms with van der Waals surface area (Å²) in [6, 6.07) is 1.74. The van der Waals surface area contributed by atoms with E-state index in [4.69, 9.17) is 16.7 Å². The number of rotatable bonds is 3. The van der Waals surface area contributed by atoms with Gasteiger partial charge < -0.3 is 10.2 Å². The van der Waals surface area contributed by atoms with Gasteiger partial charge in [0, 0.05) is 11.6 Å². The number of carboxylic acid groups (broad SMARTS) is 1. The molecule has 0 radical (unpaired) electrons. The van der Waals surface area contributed by atoms with Gasteiger partial charge in [0.25, 0.3) is 0 Å². The summed E-state index contributed by atoms with van der Waals surface area (Å²) in [5.41, 5.74) is 0.489. The first-order valence-electron chi connectivity index (χ1n) is 4.80. The summed E-state index contributed by atoms with van der Waals surface area (Å²) in [6.45, 7) is 5.08. The Balaban J connectivity index is 3.16. The number of hydrogen-bond donors (Lipinski definition) is 2. The summed E-state index contributed by atoms with van der Waals surface area (Å²) in [7, 11) is 0. The number of halogens is 1. The lowest BCUT2D eigenvalue weighted by atomic mass is 9.80. The summed E-state index contributed by atoms with van der Waals surface area (Å²) in [5, 5.41) is 18.8. The molecule has 0 aliphatic rings. The molecule has 0 aliphatic heterocycles. The van der Waals surface area contributed by atoms with Gasteiger partial charge >= 0.3 is 5.97 Å². The largest absolute Gasteiger partial charge is 0.479 e. The molecule has 2 N–H and O–H groups in total. The maximum absolute atomic E-state index is 10.8. The molecule has 0 aromatic carbocycles. The number of aliphatic carboxylic acids is 1. The molecule has 4 nitrogen and oxygen atoms in total. The van der Waals surface area contributed by atoms with E-state index in [-0.39, 0.29) is 0 Å². The molecule has 0 bridgehead atoms. The van der Waals surface area contributed by atoms with E-state index >= 15 is 0 Å². The van der Waals surface area contributed by atoms with E-state index in [1.807, 2.05) is 0 Å². The van der Waals surface area contributed by atoms with Crippen LogP contribution < -0.4 is 0 Å². The molecule has 1 rings (SSSR count). The average molecular weight is 244 g/mol. The van der Waals surface area contributed by atoms with Crippen molar-refractivity contribution in [1.82, 2.24) is 4.98 Å². The number of hydrogen-bond acceptors (Lipinski definition) is 3. The molecule has 0 amide bonds. The normalized spacial score (nSPS) is 13.6. The molecule has 0 saturated carbocycles. The molecule has 0 fully saturated rings. The van der Waals surface area contributed by atoms with Crippen LogP contribution in [0.1, 0.15) is 25.0 Å². The quantitative estimate of drug-likeness (QED) is 0.794. The maximum atomic E-state index is 10.8. The number of carbonyl (C=O) groups is 1. The second-order valence-corrected chi connectivity index (χ2v) is 4.65. The van der Waals surface area contributed by atoms with Gasteiger partial charge in [0.05, 0.1) is 0 Å². The fraction of sp³-hybridized carbons (Fsp3) is 0.455. The van der Waals surface area contributed by atoms with E-state index in [9.17, 15) is 9.90 Å².